The van der Waals surface area contributed by atoms with Gasteiger partial charge in [0, 0.05) is 24.3 Å². The van der Waals surface area contributed by atoms with Gasteiger partial charge in [-0.05, 0) is 32.4 Å². The van der Waals surface area contributed by atoms with E-state index in [-0.39, 0.29) is 5.54 Å². The highest BCUT2D eigenvalue weighted by molar-refractivity contribution is 5.49. The van der Waals surface area contributed by atoms with Crippen molar-refractivity contribution >= 4 is 5.69 Å². The van der Waals surface area contributed by atoms with E-state index in [1.54, 1.807) is 0 Å². The highest BCUT2D eigenvalue weighted by Gasteiger charge is 2.29. The minimum Gasteiger partial charge on any atom is -0.370 e. The lowest BCUT2D eigenvalue weighted by atomic mass is 10.0. The fourth-order valence-electron chi connectivity index (χ4n) is 1.96. The molecule has 1 unspecified atom stereocenters. The molecule has 1 heterocycles. The molecular formula is C12H18N2. The average Bonchev–Trinajstić information content (AvgIpc) is 2.47. The predicted octanol–water partition coefficient (Wildman–Crippen LogP) is 1.92. The Morgan fingerprint density at radius 2 is 1.93 bits per heavy atom. The molecule has 0 radical (unpaired) electrons. The summed E-state index contributed by atoms with van der Waals surface area (Å²) in [4.78, 5) is 2.36. The summed E-state index contributed by atoms with van der Waals surface area (Å²) >= 11 is 0. The van der Waals surface area contributed by atoms with Crippen molar-refractivity contribution in [1.82, 2.24) is 0 Å². The van der Waals surface area contributed by atoms with Gasteiger partial charge in [-0.1, -0.05) is 17.7 Å². The van der Waals surface area contributed by atoms with Crippen LogP contribution in [-0.4, -0.2) is 18.6 Å². The molecule has 0 amide bonds. The monoisotopic (exact) mass is 190 g/mol. The third-order valence-electron chi connectivity index (χ3n) is 2.90. The van der Waals surface area contributed by atoms with Crippen molar-refractivity contribution < 1.29 is 0 Å². The number of rotatable bonds is 1. The molecule has 2 N–H and O–H groups in total. The summed E-state index contributed by atoms with van der Waals surface area (Å²) in [6.07, 6.45) is 1.08. The number of aryl methyl sites for hydroxylation is 1. The van der Waals surface area contributed by atoms with E-state index in [9.17, 15) is 0 Å². The molecular weight excluding hydrogens is 172 g/mol. The Bertz CT molecular complexity index is 314. The van der Waals surface area contributed by atoms with Gasteiger partial charge < -0.3 is 10.6 Å². The first-order valence-corrected chi connectivity index (χ1v) is 5.17. The third-order valence-corrected chi connectivity index (χ3v) is 2.90. The Hall–Kier alpha value is -1.02. The van der Waals surface area contributed by atoms with E-state index in [4.69, 9.17) is 5.73 Å². The topological polar surface area (TPSA) is 29.3 Å². The van der Waals surface area contributed by atoms with E-state index in [2.05, 4.69) is 43.0 Å². The number of nitrogens with zero attached hydrogens (tertiary/aromatic N) is 1. The molecule has 1 aliphatic rings. The molecule has 1 aromatic carbocycles. The van der Waals surface area contributed by atoms with Crippen molar-refractivity contribution in [3.8, 4) is 0 Å². The van der Waals surface area contributed by atoms with Crippen molar-refractivity contribution in [3.63, 3.8) is 0 Å². The highest BCUT2D eigenvalue weighted by Crippen LogP contribution is 2.24. The maximum atomic E-state index is 6.09. The molecule has 0 spiro atoms. The van der Waals surface area contributed by atoms with Gasteiger partial charge in [-0.2, -0.15) is 0 Å². The Labute approximate surface area is 85.7 Å². The number of benzene rings is 1. The average molecular weight is 190 g/mol. The second kappa shape index (κ2) is 3.28. The second-order valence-corrected chi connectivity index (χ2v) is 4.66. The van der Waals surface area contributed by atoms with Crippen LogP contribution in [0, 0.1) is 6.92 Å². The van der Waals surface area contributed by atoms with Gasteiger partial charge in [0.2, 0.25) is 0 Å². The van der Waals surface area contributed by atoms with Crippen molar-refractivity contribution in [2.45, 2.75) is 25.8 Å². The van der Waals surface area contributed by atoms with Crippen LogP contribution in [0.3, 0.4) is 0 Å². The van der Waals surface area contributed by atoms with E-state index in [0.717, 1.165) is 19.5 Å². The quantitative estimate of drug-likeness (QED) is 0.733. The maximum Gasteiger partial charge on any atom is 0.0367 e. The smallest absolute Gasteiger partial charge is 0.0367 e. The van der Waals surface area contributed by atoms with Gasteiger partial charge in [0.25, 0.3) is 0 Å². The zero-order valence-corrected chi connectivity index (χ0v) is 8.96. The van der Waals surface area contributed by atoms with Crippen molar-refractivity contribution in [3.05, 3.63) is 29.8 Å². The summed E-state index contributed by atoms with van der Waals surface area (Å²) in [7, 11) is 0. The number of anilines is 1. The Balaban J connectivity index is 2.14. The Morgan fingerprint density at radius 1 is 1.29 bits per heavy atom. The molecule has 76 valence electrons. The molecule has 1 aliphatic heterocycles. The van der Waals surface area contributed by atoms with Crippen molar-refractivity contribution in [1.29, 1.82) is 0 Å². The van der Waals surface area contributed by atoms with Crippen LogP contribution in [0.1, 0.15) is 18.9 Å². The number of nitrogens with two attached hydrogens (primary N) is 1. The standard InChI is InChI=1S/C12H18N2/c1-10-3-5-11(6-4-10)14-8-7-12(2,13)9-14/h3-6H,7-9,13H2,1-2H3. The molecule has 1 fully saturated rings. The van der Waals surface area contributed by atoms with E-state index in [1.165, 1.54) is 11.3 Å². The largest absolute Gasteiger partial charge is 0.370 e. The summed E-state index contributed by atoms with van der Waals surface area (Å²) in [5, 5.41) is 0. The first-order valence-electron chi connectivity index (χ1n) is 5.17. The minimum absolute atomic E-state index is 0.00904. The molecule has 14 heavy (non-hydrogen) atoms. The molecule has 1 saturated heterocycles. The van der Waals surface area contributed by atoms with Gasteiger partial charge in [0.05, 0.1) is 0 Å². The first kappa shape index (κ1) is 9.53. The summed E-state index contributed by atoms with van der Waals surface area (Å²) in [6, 6.07) is 8.66. The van der Waals surface area contributed by atoms with Gasteiger partial charge in [-0.25, -0.2) is 0 Å². The first-order chi connectivity index (χ1) is 6.57. The van der Waals surface area contributed by atoms with Crippen LogP contribution >= 0.6 is 0 Å². The normalized spacial score (nSPS) is 26.9. The van der Waals surface area contributed by atoms with E-state index >= 15 is 0 Å². The number of hydrogen-bond donors (Lipinski definition) is 1. The van der Waals surface area contributed by atoms with Crippen LogP contribution in [0.5, 0.6) is 0 Å². The van der Waals surface area contributed by atoms with Crippen molar-refractivity contribution in [2.24, 2.45) is 5.73 Å². The Kier molecular flexibility index (Phi) is 2.23. The zero-order valence-electron chi connectivity index (χ0n) is 8.96. The summed E-state index contributed by atoms with van der Waals surface area (Å²) in [5.74, 6) is 0. The Morgan fingerprint density at radius 3 is 2.43 bits per heavy atom. The fourth-order valence-corrected chi connectivity index (χ4v) is 1.96. The molecule has 1 atom stereocenters. The minimum atomic E-state index is -0.00904. The molecule has 2 heteroatoms. The molecule has 2 rings (SSSR count). The van der Waals surface area contributed by atoms with Crippen molar-refractivity contribution in [2.75, 3.05) is 18.0 Å². The van der Waals surface area contributed by atoms with Crippen LogP contribution < -0.4 is 10.6 Å². The molecule has 1 aromatic rings. The van der Waals surface area contributed by atoms with Gasteiger partial charge in [-0.3, -0.25) is 0 Å². The summed E-state index contributed by atoms with van der Waals surface area (Å²) in [6.45, 7) is 6.29. The SMILES string of the molecule is Cc1ccc(N2CCC(C)(N)C2)cc1. The van der Waals surface area contributed by atoms with E-state index in [1.807, 2.05) is 0 Å². The van der Waals surface area contributed by atoms with Gasteiger partial charge in [-0.15, -0.1) is 0 Å². The van der Waals surface area contributed by atoms with Crippen LogP contribution in [-0.2, 0) is 0 Å². The number of hydrogen-bond acceptors (Lipinski definition) is 2. The lowest BCUT2D eigenvalue weighted by Gasteiger charge is -2.21. The second-order valence-electron chi connectivity index (χ2n) is 4.66. The molecule has 0 bridgehead atoms. The maximum absolute atomic E-state index is 6.09. The lowest BCUT2D eigenvalue weighted by Crippen LogP contribution is -2.39. The van der Waals surface area contributed by atoms with Gasteiger partial charge in [0.1, 0.15) is 0 Å². The molecule has 0 saturated carbocycles. The zero-order chi connectivity index (χ0) is 10.2. The highest BCUT2D eigenvalue weighted by atomic mass is 15.2. The molecule has 0 aliphatic carbocycles. The lowest BCUT2D eigenvalue weighted by molar-refractivity contribution is 0.525. The van der Waals surface area contributed by atoms with E-state index in [0.29, 0.717) is 0 Å². The molecule has 2 nitrogen and oxygen atoms in total. The van der Waals surface area contributed by atoms with Crippen LogP contribution in [0.4, 0.5) is 5.69 Å². The molecule has 0 aromatic heterocycles. The van der Waals surface area contributed by atoms with Gasteiger partial charge >= 0.3 is 0 Å². The third kappa shape index (κ3) is 1.90. The van der Waals surface area contributed by atoms with E-state index < -0.39 is 0 Å². The summed E-state index contributed by atoms with van der Waals surface area (Å²) < 4.78 is 0. The van der Waals surface area contributed by atoms with Crippen LogP contribution in [0.15, 0.2) is 24.3 Å². The van der Waals surface area contributed by atoms with Crippen LogP contribution in [0.25, 0.3) is 0 Å². The summed E-state index contributed by atoms with van der Waals surface area (Å²) in [5.41, 5.74) is 8.69. The fraction of sp³-hybridized carbons (Fsp3) is 0.500. The predicted molar refractivity (Wildman–Crippen MR) is 60.6 cm³/mol. The van der Waals surface area contributed by atoms with Crippen LogP contribution in [0.2, 0.25) is 0 Å². The van der Waals surface area contributed by atoms with Gasteiger partial charge in [0.15, 0.2) is 0 Å².